The third-order valence-corrected chi connectivity index (χ3v) is 4.92. The summed E-state index contributed by atoms with van der Waals surface area (Å²) in [6.07, 6.45) is 11.2. The second kappa shape index (κ2) is 9.80. The predicted octanol–water partition coefficient (Wildman–Crippen LogP) is 3.60. The van der Waals surface area contributed by atoms with Gasteiger partial charge in [0.25, 0.3) is 0 Å². The number of hydrogen-bond acceptors (Lipinski definition) is 6. The average Bonchev–Trinajstić information content (AvgIpc) is 2.81. The predicted molar refractivity (Wildman–Crippen MR) is 115 cm³/mol. The van der Waals surface area contributed by atoms with Gasteiger partial charge in [0.15, 0.2) is 11.6 Å². The number of hydrogen-bond donors (Lipinski definition) is 1. The SMILES string of the molecule is O=C(/C=C/c1ccc(Oc2cccnc2)c(F)c1)NC1CCN(c2ncccn2)CC1. The van der Waals surface area contributed by atoms with Gasteiger partial charge in [-0.2, -0.15) is 0 Å². The fraction of sp³-hybridized carbons (Fsp3) is 0.217. The number of carbonyl (C=O) groups excluding carboxylic acids is 1. The van der Waals surface area contributed by atoms with Crippen LogP contribution in [-0.4, -0.2) is 40.0 Å². The Morgan fingerprint density at radius 2 is 1.94 bits per heavy atom. The summed E-state index contributed by atoms with van der Waals surface area (Å²) in [5.74, 6) is 0.551. The second-order valence-corrected chi connectivity index (χ2v) is 7.13. The molecule has 0 atom stereocenters. The Morgan fingerprint density at radius 1 is 1.13 bits per heavy atom. The van der Waals surface area contributed by atoms with Crippen LogP contribution in [0.3, 0.4) is 0 Å². The number of nitrogens with one attached hydrogen (secondary N) is 1. The first-order valence-corrected chi connectivity index (χ1v) is 10.1. The molecule has 0 aliphatic carbocycles. The first-order valence-electron chi connectivity index (χ1n) is 10.1. The molecule has 1 fully saturated rings. The molecule has 1 amide bonds. The highest BCUT2D eigenvalue weighted by atomic mass is 19.1. The number of piperidine rings is 1. The summed E-state index contributed by atoms with van der Waals surface area (Å²) in [6.45, 7) is 1.56. The summed E-state index contributed by atoms with van der Waals surface area (Å²) in [4.78, 5) is 26.8. The largest absolute Gasteiger partial charge is 0.453 e. The fourth-order valence-corrected chi connectivity index (χ4v) is 3.34. The molecule has 0 saturated carbocycles. The van der Waals surface area contributed by atoms with Gasteiger partial charge in [-0.3, -0.25) is 9.78 Å². The lowest BCUT2D eigenvalue weighted by atomic mass is 10.1. The zero-order valence-corrected chi connectivity index (χ0v) is 16.8. The first kappa shape index (κ1) is 20.5. The Kier molecular flexibility index (Phi) is 6.47. The minimum absolute atomic E-state index is 0.0871. The van der Waals surface area contributed by atoms with Crippen LogP contribution in [0.1, 0.15) is 18.4 Å². The molecule has 31 heavy (non-hydrogen) atoms. The van der Waals surface area contributed by atoms with Crippen LogP contribution < -0.4 is 15.0 Å². The number of amides is 1. The minimum Gasteiger partial charge on any atom is -0.453 e. The summed E-state index contributed by atoms with van der Waals surface area (Å²) in [5.41, 5.74) is 0.572. The number of nitrogens with zero attached hydrogens (tertiary/aromatic N) is 4. The molecule has 4 rings (SSSR count). The van der Waals surface area contributed by atoms with E-state index in [1.54, 1.807) is 48.9 Å². The van der Waals surface area contributed by atoms with Crippen LogP contribution in [0.4, 0.5) is 10.3 Å². The van der Waals surface area contributed by atoms with Crippen molar-refractivity contribution >= 4 is 17.9 Å². The van der Waals surface area contributed by atoms with Gasteiger partial charge in [0.1, 0.15) is 5.75 Å². The Labute approximate surface area is 179 Å². The fourth-order valence-electron chi connectivity index (χ4n) is 3.34. The molecule has 0 bridgehead atoms. The van der Waals surface area contributed by atoms with Crippen molar-refractivity contribution in [3.63, 3.8) is 0 Å². The third kappa shape index (κ3) is 5.63. The lowest BCUT2D eigenvalue weighted by molar-refractivity contribution is -0.117. The van der Waals surface area contributed by atoms with Crippen molar-refractivity contribution in [1.29, 1.82) is 0 Å². The van der Waals surface area contributed by atoms with E-state index in [0.717, 1.165) is 25.9 Å². The molecule has 8 heteroatoms. The number of aromatic nitrogens is 3. The van der Waals surface area contributed by atoms with Crippen molar-refractivity contribution in [3.05, 3.63) is 78.6 Å². The van der Waals surface area contributed by atoms with Crippen LogP contribution in [0.2, 0.25) is 0 Å². The van der Waals surface area contributed by atoms with Gasteiger partial charge in [0, 0.05) is 43.8 Å². The average molecular weight is 419 g/mol. The molecule has 1 aliphatic rings. The van der Waals surface area contributed by atoms with Crippen LogP contribution >= 0.6 is 0 Å². The summed E-state index contributed by atoms with van der Waals surface area (Å²) < 4.78 is 19.8. The molecule has 0 spiro atoms. The van der Waals surface area contributed by atoms with Gasteiger partial charge >= 0.3 is 0 Å². The molecule has 158 valence electrons. The van der Waals surface area contributed by atoms with Gasteiger partial charge < -0.3 is 15.0 Å². The molecule has 1 N–H and O–H groups in total. The molecule has 7 nitrogen and oxygen atoms in total. The maximum atomic E-state index is 14.3. The number of halogens is 1. The third-order valence-electron chi connectivity index (χ3n) is 4.92. The molecular weight excluding hydrogens is 397 g/mol. The Balaban J connectivity index is 1.28. The van der Waals surface area contributed by atoms with Crippen molar-refractivity contribution < 1.29 is 13.9 Å². The second-order valence-electron chi connectivity index (χ2n) is 7.13. The lowest BCUT2D eigenvalue weighted by Crippen LogP contribution is -2.44. The van der Waals surface area contributed by atoms with E-state index in [0.29, 0.717) is 17.3 Å². The molecule has 3 heterocycles. The molecule has 1 aromatic carbocycles. The molecule has 2 aromatic heterocycles. The number of anilines is 1. The highest BCUT2D eigenvalue weighted by Gasteiger charge is 2.21. The molecule has 0 radical (unpaired) electrons. The first-order chi connectivity index (χ1) is 15.2. The maximum Gasteiger partial charge on any atom is 0.244 e. The smallest absolute Gasteiger partial charge is 0.244 e. The van der Waals surface area contributed by atoms with Gasteiger partial charge in [-0.15, -0.1) is 0 Å². The lowest BCUT2D eigenvalue weighted by Gasteiger charge is -2.32. The van der Waals surface area contributed by atoms with Crippen molar-refractivity contribution in [2.75, 3.05) is 18.0 Å². The van der Waals surface area contributed by atoms with Gasteiger partial charge in [-0.25, -0.2) is 14.4 Å². The normalized spacial score (nSPS) is 14.5. The van der Waals surface area contributed by atoms with Gasteiger partial charge in [-0.05, 0) is 54.8 Å². The van der Waals surface area contributed by atoms with Crippen molar-refractivity contribution in [2.45, 2.75) is 18.9 Å². The number of benzene rings is 1. The van der Waals surface area contributed by atoms with Crippen LogP contribution in [0.15, 0.2) is 67.3 Å². The van der Waals surface area contributed by atoms with E-state index >= 15 is 0 Å². The van der Waals surface area contributed by atoms with E-state index in [4.69, 9.17) is 4.74 Å². The minimum atomic E-state index is -0.512. The number of pyridine rings is 1. The Hall–Kier alpha value is -3.81. The molecule has 3 aromatic rings. The van der Waals surface area contributed by atoms with Crippen LogP contribution in [0.5, 0.6) is 11.5 Å². The quantitative estimate of drug-likeness (QED) is 0.615. The van der Waals surface area contributed by atoms with Crippen molar-refractivity contribution in [3.8, 4) is 11.5 Å². The number of rotatable bonds is 6. The van der Waals surface area contributed by atoms with Crippen LogP contribution in [-0.2, 0) is 4.79 Å². The van der Waals surface area contributed by atoms with Crippen molar-refractivity contribution in [2.24, 2.45) is 0 Å². The number of ether oxygens (including phenoxy) is 1. The molecule has 1 aliphatic heterocycles. The van der Waals surface area contributed by atoms with E-state index < -0.39 is 5.82 Å². The highest BCUT2D eigenvalue weighted by Crippen LogP contribution is 2.25. The summed E-state index contributed by atoms with van der Waals surface area (Å²) in [5, 5.41) is 3.00. The van der Waals surface area contributed by atoms with Gasteiger partial charge in [-0.1, -0.05) is 6.07 Å². The summed E-state index contributed by atoms with van der Waals surface area (Å²) in [7, 11) is 0. The Morgan fingerprint density at radius 3 is 2.65 bits per heavy atom. The van der Waals surface area contributed by atoms with Gasteiger partial charge in [0.2, 0.25) is 11.9 Å². The monoisotopic (exact) mass is 419 g/mol. The standard InChI is InChI=1S/C23H22FN5O2/c24-20-15-17(4-6-21(20)31-19-3-1-10-25-16-19)5-7-22(30)28-18-8-13-29(14-9-18)23-26-11-2-12-27-23/h1-7,10-12,15-16,18H,8-9,13-14H2,(H,28,30)/b7-5+. The van der Waals surface area contributed by atoms with E-state index in [-0.39, 0.29) is 17.7 Å². The molecule has 0 unspecified atom stereocenters. The van der Waals surface area contributed by atoms with E-state index in [9.17, 15) is 9.18 Å². The molecular formula is C23H22FN5O2. The molecule has 1 saturated heterocycles. The van der Waals surface area contributed by atoms with Crippen LogP contribution in [0, 0.1) is 5.82 Å². The van der Waals surface area contributed by atoms with E-state index in [1.807, 2.05) is 0 Å². The van der Waals surface area contributed by atoms with Crippen molar-refractivity contribution in [1.82, 2.24) is 20.3 Å². The Bertz CT molecular complexity index is 1040. The number of carbonyl (C=O) groups is 1. The van der Waals surface area contributed by atoms with Crippen LogP contribution in [0.25, 0.3) is 6.08 Å². The maximum absolute atomic E-state index is 14.3. The topological polar surface area (TPSA) is 80.2 Å². The summed E-state index contributed by atoms with van der Waals surface area (Å²) >= 11 is 0. The van der Waals surface area contributed by atoms with E-state index in [2.05, 4.69) is 25.2 Å². The zero-order valence-electron chi connectivity index (χ0n) is 16.8. The zero-order chi connectivity index (χ0) is 21.5. The van der Waals surface area contributed by atoms with Gasteiger partial charge in [0.05, 0.1) is 6.20 Å². The van der Waals surface area contributed by atoms with E-state index in [1.165, 1.54) is 24.4 Å². The highest BCUT2D eigenvalue weighted by molar-refractivity contribution is 5.91. The summed E-state index contributed by atoms with van der Waals surface area (Å²) in [6, 6.07) is 9.83.